The van der Waals surface area contributed by atoms with Crippen molar-refractivity contribution in [3.8, 4) is 12.1 Å². The van der Waals surface area contributed by atoms with Crippen LogP contribution in [-0.4, -0.2) is 42.1 Å². The van der Waals surface area contributed by atoms with Crippen molar-refractivity contribution in [2.24, 2.45) is 0 Å². The number of pyridine rings is 1. The van der Waals surface area contributed by atoms with Crippen molar-refractivity contribution in [1.29, 1.82) is 10.5 Å². The Labute approximate surface area is 107 Å². The minimum atomic E-state index is -0.0365. The van der Waals surface area contributed by atoms with E-state index in [2.05, 4.69) is 26.9 Å². The molecular weight excluding hydrogens is 226 g/mol. The average Bonchev–Trinajstić information content (AvgIpc) is 2.46. The SMILES string of the molecule is CC(C#N)N1CCN(c2cccc(C#N)n2)CC1. The molecule has 0 aromatic carbocycles. The van der Waals surface area contributed by atoms with Gasteiger partial charge >= 0.3 is 0 Å². The van der Waals surface area contributed by atoms with Gasteiger partial charge in [-0.05, 0) is 19.1 Å². The molecule has 0 bridgehead atoms. The summed E-state index contributed by atoms with van der Waals surface area (Å²) >= 11 is 0. The van der Waals surface area contributed by atoms with Crippen LogP contribution in [-0.2, 0) is 0 Å². The fourth-order valence-corrected chi connectivity index (χ4v) is 2.08. The highest BCUT2D eigenvalue weighted by molar-refractivity contribution is 5.42. The zero-order valence-electron chi connectivity index (χ0n) is 10.4. The van der Waals surface area contributed by atoms with Gasteiger partial charge in [-0.25, -0.2) is 4.98 Å². The summed E-state index contributed by atoms with van der Waals surface area (Å²) in [4.78, 5) is 8.60. The van der Waals surface area contributed by atoms with Crippen LogP contribution in [0.3, 0.4) is 0 Å². The Balaban J connectivity index is 2.02. The second-order valence-electron chi connectivity index (χ2n) is 4.32. The van der Waals surface area contributed by atoms with Gasteiger partial charge in [-0.2, -0.15) is 10.5 Å². The van der Waals surface area contributed by atoms with Crippen LogP contribution in [0.1, 0.15) is 12.6 Å². The van der Waals surface area contributed by atoms with Gasteiger partial charge in [-0.3, -0.25) is 4.90 Å². The first-order valence-corrected chi connectivity index (χ1v) is 6.00. The molecular formula is C13H15N5. The summed E-state index contributed by atoms with van der Waals surface area (Å²) in [7, 11) is 0. The number of hydrogen-bond donors (Lipinski definition) is 0. The summed E-state index contributed by atoms with van der Waals surface area (Å²) in [6, 6.07) is 9.75. The van der Waals surface area contributed by atoms with Crippen LogP contribution < -0.4 is 4.90 Å². The molecule has 92 valence electrons. The van der Waals surface area contributed by atoms with E-state index in [0.29, 0.717) is 5.69 Å². The lowest BCUT2D eigenvalue weighted by molar-refractivity contribution is 0.231. The molecule has 1 unspecified atom stereocenters. The van der Waals surface area contributed by atoms with Gasteiger partial charge in [0.05, 0.1) is 12.1 Å². The van der Waals surface area contributed by atoms with Crippen molar-refractivity contribution >= 4 is 5.82 Å². The lowest BCUT2D eigenvalue weighted by Gasteiger charge is -2.36. The number of aromatic nitrogens is 1. The predicted octanol–water partition coefficient (Wildman–Crippen LogP) is 0.987. The quantitative estimate of drug-likeness (QED) is 0.772. The van der Waals surface area contributed by atoms with Gasteiger partial charge in [0.2, 0.25) is 0 Å². The third kappa shape index (κ3) is 2.58. The Kier molecular flexibility index (Phi) is 3.76. The monoisotopic (exact) mass is 241 g/mol. The zero-order chi connectivity index (χ0) is 13.0. The predicted molar refractivity (Wildman–Crippen MR) is 67.8 cm³/mol. The molecule has 5 heteroatoms. The van der Waals surface area contributed by atoms with Crippen LogP contribution in [0.2, 0.25) is 0 Å². The first-order chi connectivity index (χ1) is 8.74. The van der Waals surface area contributed by atoms with Gasteiger partial charge < -0.3 is 4.90 Å². The number of nitriles is 2. The highest BCUT2D eigenvalue weighted by Gasteiger charge is 2.21. The lowest BCUT2D eigenvalue weighted by Crippen LogP contribution is -2.49. The second kappa shape index (κ2) is 5.48. The maximum atomic E-state index is 8.88. The molecule has 5 nitrogen and oxygen atoms in total. The molecule has 0 aliphatic carbocycles. The average molecular weight is 241 g/mol. The molecule has 1 saturated heterocycles. The topological polar surface area (TPSA) is 67.0 Å². The Hall–Kier alpha value is -2.11. The number of piperazine rings is 1. The van der Waals surface area contributed by atoms with Crippen molar-refractivity contribution in [2.45, 2.75) is 13.0 Å². The molecule has 18 heavy (non-hydrogen) atoms. The number of rotatable bonds is 2. The molecule has 1 aliphatic heterocycles. The Morgan fingerprint density at radius 3 is 2.56 bits per heavy atom. The molecule has 1 aliphatic rings. The van der Waals surface area contributed by atoms with E-state index in [-0.39, 0.29) is 6.04 Å². The van der Waals surface area contributed by atoms with Crippen LogP contribution in [0, 0.1) is 22.7 Å². The summed E-state index contributed by atoms with van der Waals surface area (Å²) in [6.07, 6.45) is 0. The fourth-order valence-electron chi connectivity index (χ4n) is 2.08. The van der Waals surface area contributed by atoms with Crippen molar-refractivity contribution in [1.82, 2.24) is 9.88 Å². The van der Waals surface area contributed by atoms with Crippen LogP contribution in [0.4, 0.5) is 5.82 Å². The molecule has 2 rings (SSSR count). The van der Waals surface area contributed by atoms with Gasteiger partial charge in [0.15, 0.2) is 0 Å². The van der Waals surface area contributed by atoms with Gasteiger partial charge in [0, 0.05) is 26.2 Å². The largest absolute Gasteiger partial charge is 0.354 e. The fraction of sp³-hybridized carbons (Fsp3) is 0.462. The maximum absolute atomic E-state index is 8.88. The van der Waals surface area contributed by atoms with E-state index < -0.39 is 0 Å². The third-order valence-corrected chi connectivity index (χ3v) is 3.22. The summed E-state index contributed by atoms with van der Waals surface area (Å²) in [5.41, 5.74) is 0.445. The summed E-state index contributed by atoms with van der Waals surface area (Å²) in [6.45, 7) is 5.31. The van der Waals surface area contributed by atoms with E-state index in [4.69, 9.17) is 10.5 Å². The van der Waals surface area contributed by atoms with Crippen LogP contribution in [0.25, 0.3) is 0 Å². The van der Waals surface area contributed by atoms with E-state index in [0.717, 1.165) is 32.0 Å². The number of nitrogens with zero attached hydrogens (tertiary/aromatic N) is 5. The molecule has 0 amide bonds. The summed E-state index contributed by atoms with van der Waals surface area (Å²) < 4.78 is 0. The number of hydrogen-bond acceptors (Lipinski definition) is 5. The Morgan fingerprint density at radius 2 is 1.94 bits per heavy atom. The highest BCUT2D eigenvalue weighted by atomic mass is 15.3. The Morgan fingerprint density at radius 1 is 1.22 bits per heavy atom. The highest BCUT2D eigenvalue weighted by Crippen LogP contribution is 2.15. The van der Waals surface area contributed by atoms with Crippen molar-refractivity contribution in [3.05, 3.63) is 23.9 Å². The third-order valence-electron chi connectivity index (χ3n) is 3.22. The van der Waals surface area contributed by atoms with Crippen molar-refractivity contribution in [3.63, 3.8) is 0 Å². The molecule has 0 spiro atoms. The summed E-state index contributed by atoms with van der Waals surface area (Å²) in [5.74, 6) is 0.846. The smallest absolute Gasteiger partial charge is 0.142 e. The summed E-state index contributed by atoms with van der Waals surface area (Å²) in [5, 5.41) is 17.7. The first-order valence-electron chi connectivity index (χ1n) is 6.00. The molecule has 1 fully saturated rings. The molecule has 0 radical (unpaired) electrons. The minimum absolute atomic E-state index is 0.0365. The van der Waals surface area contributed by atoms with Crippen LogP contribution >= 0.6 is 0 Å². The van der Waals surface area contributed by atoms with Gasteiger partial charge in [-0.1, -0.05) is 6.07 Å². The van der Waals surface area contributed by atoms with Crippen molar-refractivity contribution < 1.29 is 0 Å². The van der Waals surface area contributed by atoms with Gasteiger partial charge in [0.25, 0.3) is 0 Å². The van der Waals surface area contributed by atoms with Crippen LogP contribution in [0.15, 0.2) is 18.2 Å². The first kappa shape index (κ1) is 12.3. The van der Waals surface area contributed by atoms with Crippen molar-refractivity contribution in [2.75, 3.05) is 31.1 Å². The van der Waals surface area contributed by atoms with Crippen LogP contribution in [0.5, 0.6) is 0 Å². The lowest BCUT2D eigenvalue weighted by atomic mass is 10.2. The van der Waals surface area contributed by atoms with Gasteiger partial charge in [0.1, 0.15) is 17.6 Å². The molecule has 1 aromatic heterocycles. The molecule has 0 saturated carbocycles. The van der Waals surface area contributed by atoms with Gasteiger partial charge in [-0.15, -0.1) is 0 Å². The van der Waals surface area contributed by atoms with E-state index in [1.807, 2.05) is 19.1 Å². The molecule has 2 heterocycles. The standard InChI is InChI=1S/C13H15N5/c1-11(9-14)17-5-7-18(8-6-17)13-4-2-3-12(10-15)16-13/h2-4,11H,5-8H2,1H3. The number of anilines is 1. The van der Waals surface area contributed by atoms with E-state index in [9.17, 15) is 0 Å². The maximum Gasteiger partial charge on any atom is 0.142 e. The molecule has 0 N–H and O–H groups in total. The zero-order valence-corrected chi connectivity index (χ0v) is 10.4. The molecule has 1 aromatic rings. The molecule has 1 atom stereocenters. The Bertz CT molecular complexity index is 491. The van der Waals surface area contributed by atoms with E-state index >= 15 is 0 Å². The normalized spacial score (nSPS) is 17.8. The van der Waals surface area contributed by atoms with E-state index in [1.165, 1.54) is 0 Å². The second-order valence-corrected chi connectivity index (χ2v) is 4.32. The van der Waals surface area contributed by atoms with E-state index in [1.54, 1.807) is 6.07 Å². The minimum Gasteiger partial charge on any atom is -0.354 e.